The Morgan fingerprint density at radius 3 is 2.81 bits per heavy atom. The lowest BCUT2D eigenvalue weighted by molar-refractivity contribution is 0.0605. The standard InChI is InChI=1S/C17H14ClFN2O4S2/c1-9-6-10(7-20-16(9)18)27(23,24)21-8-11-14-12(19)4-3-5-13(14)26-15(11)17(22)25-2/h3-7,21H,8H2,1-2H3. The van der Waals surface area contributed by atoms with E-state index in [-0.39, 0.29) is 32.4 Å². The van der Waals surface area contributed by atoms with E-state index in [1.807, 2.05) is 0 Å². The zero-order valence-corrected chi connectivity index (χ0v) is 16.6. The summed E-state index contributed by atoms with van der Waals surface area (Å²) in [5.74, 6) is -1.20. The molecule has 0 saturated heterocycles. The third-order valence-corrected chi connectivity index (χ3v) is 6.81. The summed E-state index contributed by atoms with van der Waals surface area (Å²) in [5.41, 5.74) is 0.726. The van der Waals surface area contributed by atoms with Crippen LogP contribution in [0.25, 0.3) is 10.1 Å². The lowest BCUT2D eigenvalue weighted by Crippen LogP contribution is -2.24. The average molecular weight is 429 g/mol. The third-order valence-electron chi connectivity index (χ3n) is 3.87. The first kappa shape index (κ1) is 19.7. The van der Waals surface area contributed by atoms with Gasteiger partial charge in [0.25, 0.3) is 0 Å². The number of nitrogens with zero attached hydrogens (tertiary/aromatic N) is 1. The largest absolute Gasteiger partial charge is 0.465 e. The summed E-state index contributed by atoms with van der Waals surface area (Å²) in [4.78, 5) is 15.9. The highest BCUT2D eigenvalue weighted by Gasteiger charge is 2.23. The number of aryl methyl sites for hydroxylation is 1. The number of hydrogen-bond acceptors (Lipinski definition) is 6. The highest BCUT2D eigenvalue weighted by Crippen LogP contribution is 2.34. The molecule has 3 rings (SSSR count). The zero-order valence-electron chi connectivity index (χ0n) is 14.2. The molecule has 1 N–H and O–H groups in total. The molecule has 3 aromatic rings. The normalized spacial score (nSPS) is 11.7. The number of methoxy groups -OCH3 is 1. The molecule has 27 heavy (non-hydrogen) atoms. The van der Waals surface area contributed by atoms with E-state index in [1.54, 1.807) is 13.0 Å². The van der Waals surface area contributed by atoms with E-state index in [4.69, 9.17) is 16.3 Å². The van der Waals surface area contributed by atoms with E-state index < -0.39 is 21.8 Å². The minimum Gasteiger partial charge on any atom is -0.465 e. The first-order valence-electron chi connectivity index (χ1n) is 7.64. The highest BCUT2D eigenvalue weighted by atomic mass is 35.5. The molecular formula is C17H14ClFN2O4S2. The zero-order chi connectivity index (χ0) is 19.8. The van der Waals surface area contributed by atoms with Crippen LogP contribution in [0, 0.1) is 12.7 Å². The number of fused-ring (bicyclic) bond motifs is 1. The molecule has 0 aliphatic carbocycles. The van der Waals surface area contributed by atoms with Crippen molar-refractivity contribution in [2.75, 3.05) is 7.11 Å². The predicted molar refractivity (Wildman–Crippen MR) is 101 cm³/mol. The molecule has 2 heterocycles. The molecule has 0 saturated carbocycles. The van der Waals surface area contributed by atoms with Crippen molar-refractivity contribution >= 4 is 49.0 Å². The first-order valence-corrected chi connectivity index (χ1v) is 10.3. The number of carbonyl (C=O) groups excluding carboxylic acids is 1. The number of nitrogens with one attached hydrogen (secondary N) is 1. The van der Waals surface area contributed by atoms with Gasteiger partial charge in [-0.15, -0.1) is 11.3 Å². The second-order valence-corrected chi connectivity index (χ2v) is 8.79. The van der Waals surface area contributed by atoms with Gasteiger partial charge in [0.15, 0.2) is 0 Å². The highest BCUT2D eigenvalue weighted by molar-refractivity contribution is 7.89. The van der Waals surface area contributed by atoms with Crippen molar-refractivity contribution in [2.45, 2.75) is 18.4 Å². The van der Waals surface area contributed by atoms with Gasteiger partial charge in [0.1, 0.15) is 20.7 Å². The molecule has 10 heteroatoms. The quantitative estimate of drug-likeness (QED) is 0.495. The molecule has 0 aliphatic heterocycles. The van der Waals surface area contributed by atoms with E-state index in [1.165, 1.54) is 25.3 Å². The molecule has 0 atom stereocenters. The number of halogens is 2. The Morgan fingerprint density at radius 2 is 2.15 bits per heavy atom. The molecule has 0 bridgehead atoms. The predicted octanol–water partition coefficient (Wildman–Crippen LogP) is 3.66. The Bertz CT molecular complexity index is 1150. The maximum Gasteiger partial charge on any atom is 0.348 e. The van der Waals surface area contributed by atoms with Crippen molar-refractivity contribution in [3.05, 3.63) is 57.4 Å². The number of esters is 1. The molecular weight excluding hydrogens is 415 g/mol. The number of carbonyl (C=O) groups is 1. The van der Waals surface area contributed by atoms with Gasteiger partial charge in [-0.25, -0.2) is 27.3 Å². The van der Waals surface area contributed by atoms with Crippen LogP contribution in [0.15, 0.2) is 35.4 Å². The van der Waals surface area contributed by atoms with Gasteiger partial charge < -0.3 is 4.74 Å². The minimum absolute atomic E-state index is 0.0796. The van der Waals surface area contributed by atoms with Crippen molar-refractivity contribution in [1.29, 1.82) is 0 Å². The second-order valence-electron chi connectivity index (χ2n) is 5.62. The van der Waals surface area contributed by atoms with Crippen LogP contribution in [0.2, 0.25) is 5.15 Å². The van der Waals surface area contributed by atoms with E-state index >= 15 is 0 Å². The van der Waals surface area contributed by atoms with E-state index in [2.05, 4.69) is 9.71 Å². The van der Waals surface area contributed by atoms with Gasteiger partial charge in [0.05, 0.1) is 7.11 Å². The monoisotopic (exact) mass is 428 g/mol. The fourth-order valence-electron chi connectivity index (χ4n) is 2.52. The minimum atomic E-state index is -3.95. The third kappa shape index (κ3) is 3.81. The van der Waals surface area contributed by atoms with Crippen LogP contribution < -0.4 is 4.72 Å². The van der Waals surface area contributed by atoms with Crippen LogP contribution in [-0.4, -0.2) is 26.5 Å². The molecule has 0 amide bonds. The van der Waals surface area contributed by atoms with Gasteiger partial charge in [0.2, 0.25) is 10.0 Å². The van der Waals surface area contributed by atoms with Crippen molar-refractivity contribution in [3.8, 4) is 0 Å². The molecule has 0 radical (unpaired) electrons. The van der Waals surface area contributed by atoms with E-state index in [0.29, 0.717) is 10.3 Å². The van der Waals surface area contributed by atoms with Gasteiger partial charge in [-0.3, -0.25) is 0 Å². The molecule has 0 unspecified atom stereocenters. The van der Waals surface area contributed by atoms with Crippen molar-refractivity contribution in [2.24, 2.45) is 0 Å². The molecule has 0 fully saturated rings. The Morgan fingerprint density at radius 1 is 1.41 bits per heavy atom. The van der Waals surface area contributed by atoms with E-state index in [9.17, 15) is 17.6 Å². The molecule has 1 aromatic carbocycles. The SMILES string of the molecule is COC(=O)c1sc2cccc(F)c2c1CNS(=O)(=O)c1cnc(Cl)c(C)c1. The Hall–Kier alpha value is -2.07. The lowest BCUT2D eigenvalue weighted by Gasteiger charge is -2.09. The summed E-state index contributed by atoms with van der Waals surface area (Å²) < 4.78 is 47.1. The van der Waals surface area contributed by atoms with Crippen LogP contribution in [0.1, 0.15) is 20.8 Å². The van der Waals surface area contributed by atoms with Crippen molar-refractivity contribution in [1.82, 2.24) is 9.71 Å². The Kier molecular flexibility index (Phi) is 5.48. The van der Waals surface area contributed by atoms with Crippen LogP contribution in [0.5, 0.6) is 0 Å². The number of pyridine rings is 1. The average Bonchev–Trinajstić information content (AvgIpc) is 3.01. The number of aromatic nitrogens is 1. The number of thiophene rings is 1. The van der Waals surface area contributed by atoms with Gasteiger partial charge in [0, 0.05) is 28.4 Å². The van der Waals surface area contributed by atoms with Gasteiger partial charge >= 0.3 is 5.97 Å². The first-order chi connectivity index (χ1) is 12.7. The van der Waals surface area contributed by atoms with Crippen molar-refractivity contribution in [3.63, 3.8) is 0 Å². The number of rotatable bonds is 5. The Balaban J connectivity index is 2.01. The smallest absolute Gasteiger partial charge is 0.348 e. The molecule has 2 aromatic heterocycles. The number of ether oxygens (including phenoxy) is 1. The summed E-state index contributed by atoms with van der Waals surface area (Å²) in [6, 6.07) is 5.80. The lowest BCUT2D eigenvalue weighted by atomic mass is 10.1. The fourth-order valence-corrected chi connectivity index (χ4v) is 4.80. The van der Waals surface area contributed by atoms with Gasteiger partial charge in [-0.2, -0.15) is 0 Å². The number of benzene rings is 1. The maximum atomic E-state index is 14.3. The van der Waals surface area contributed by atoms with Gasteiger partial charge in [-0.05, 0) is 30.7 Å². The van der Waals surface area contributed by atoms with Gasteiger partial charge in [-0.1, -0.05) is 17.7 Å². The van der Waals surface area contributed by atoms with Crippen LogP contribution in [-0.2, 0) is 21.3 Å². The fraction of sp³-hybridized carbons (Fsp3) is 0.176. The second kappa shape index (κ2) is 7.51. The molecule has 0 spiro atoms. The number of sulfonamides is 1. The summed E-state index contributed by atoms with van der Waals surface area (Å²) in [6.07, 6.45) is 1.13. The summed E-state index contributed by atoms with van der Waals surface area (Å²) in [7, 11) is -2.74. The molecule has 6 nitrogen and oxygen atoms in total. The Labute approximate surface area is 164 Å². The summed E-state index contributed by atoms with van der Waals surface area (Å²) in [6.45, 7) is 1.35. The van der Waals surface area contributed by atoms with Crippen LogP contribution in [0.3, 0.4) is 0 Å². The maximum absolute atomic E-state index is 14.3. The van der Waals surface area contributed by atoms with E-state index in [0.717, 1.165) is 17.5 Å². The summed E-state index contributed by atoms with van der Waals surface area (Å²) >= 11 is 6.87. The van der Waals surface area contributed by atoms with Crippen LogP contribution in [0.4, 0.5) is 4.39 Å². The topological polar surface area (TPSA) is 85.4 Å². The van der Waals surface area contributed by atoms with Crippen LogP contribution >= 0.6 is 22.9 Å². The van der Waals surface area contributed by atoms with Crippen molar-refractivity contribution < 1.29 is 22.3 Å². The molecule has 0 aliphatic rings. The molecule has 142 valence electrons. The number of hydrogen-bond donors (Lipinski definition) is 1. The summed E-state index contributed by atoms with van der Waals surface area (Å²) in [5, 5.41) is 0.392.